The third-order valence-electron chi connectivity index (χ3n) is 8.31. The normalized spacial score (nSPS) is 13.7. The Balaban J connectivity index is 0.00000189. The summed E-state index contributed by atoms with van der Waals surface area (Å²) in [6.45, 7) is 29.5. The molecule has 5 N–H and O–H groups in total. The fourth-order valence-electron chi connectivity index (χ4n) is 5.53. The van der Waals surface area contributed by atoms with Gasteiger partial charge in [0.2, 0.25) is 5.91 Å². The van der Waals surface area contributed by atoms with Gasteiger partial charge in [0.05, 0.1) is 13.2 Å². The summed E-state index contributed by atoms with van der Waals surface area (Å²) in [5.74, 6) is -0.947. The summed E-state index contributed by atoms with van der Waals surface area (Å²) in [6.07, 6.45) is 7.64. The summed E-state index contributed by atoms with van der Waals surface area (Å²) in [4.78, 5) is 66.6. The average Bonchev–Trinajstić information content (AvgIpc) is 3.53. The first-order chi connectivity index (χ1) is 26.2. The second kappa shape index (κ2) is 25.6. The summed E-state index contributed by atoms with van der Waals surface area (Å²) >= 11 is 0. The summed E-state index contributed by atoms with van der Waals surface area (Å²) in [6, 6.07) is -1.95. The van der Waals surface area contributed by atoms with Crippen LogP contribution >= 0.6 is 0 Å². The first-order valence-electron chi connectivity index (χ1n) is 20.5. The van der Waals surface area contributed by atoms with Crippen molar-refractivity contribution in [3.8, 4) is 0 Å². The van der Waals surface area contributed by atoms with Crippen molar-refractivity contribution < 1.29 is 42.9 Å². The number of hydrogen-bond donors (Lipinski definition) is 4. The van der Waals surface area contributed by atoms with E-state index in [0.29, 0.717) is 19.5 Å². The van der Waals surface area contributed by atoms with Crippen LogP contribution in [0.4, 0.5) is 9.59 Å². The Kier molecular flexibility index (Phi) is 23.9. The van der Waals surface area contributed by atoms with E-state index in [1.807, 2.05) is 27.7 Å². The highest BCUT2D eigenvalue weighted by Gasteiger charge is 2.33. The molecule has 2 unspecified atom stereocenters. The Bertz CT molecular complexity index is 1350. The minimum atomic E-state index is -1.22. The molecule has 1 aromatic heterocycles. The molecule has 0 aliphatic heterocycles. The van der Waals surface area contributed by atoms with Gasteiger partial charge in [0.1, 0.15) is 29.1 Å². The highest BCUT2D eigenvalue weighted by molar-refractivity contribution is 5.90. The lowest BCUT2D eigenvalue weighted by molar-refractivity contribution is -0.151. The molecule has 15 nitrogen and oxygen atoms in total. The molecule has 1 heterocycles. The molecule has 0 saturated carbocycles. The lowest BCUT2D eigenvalue weighted by atomic mass is 9.85. The van der Waals surface area contributed by atoms with Crippen LogP contribution in [0.5, 0.6) is 0 Å². The molecule has 2 amide bonds. The van der Waals surface area contributed by atoms with Crippen molar-refractivity contribution in [3.05, 3.63) is 18.2 Å². The van der Waals surface area contributed by atoms with Crippen molar-refractivity contribution in [1.29, 1.82) is 0 Å². The number of nitrogens with zero attached hydrogens (tertiary/aromatic N) is 2. The Morgan fingerprint density at radius 2 is 1.49 bits per heavy atom. The fraction of sp³-hybridized carbons (Fsp3) is 0.810. The molecule has 15 heteroatoms. The van der Waals surface area contributed by atoms with Crippen LogP contribution in [-0.4, -0.2) is 95.7 Å². The number of unbranched alkanes of at least 4 members (excludes halogenated alkanes) is 1. The molecule has 57 heavy (non-hydrogen) atoms. The molecule has 0 aromatic carbocycles. The molecule has 0 saturated heterocycles. The molecule has 3 atom stereocenters. The first kappa shape index (κ1) is 53.3. The van der Waals surface area contributed by atoms with Gasteiger partial charge in [-0.15, -0.1) is 0 Å². The minimum Gasteiger partial charge on any atom is -0.467 e. The van der Waals surface area contributed by atoms with E-state index in [2.05, 4.69) is 48.6 Å². The maximum Gasteiger partial charge on any atom is 0.419 e. The van der Waals surface area contributed by atoms with Crippen LogP contribution < -0.4 is 21.7 Å². The number of aromatic nitrogens is 2. The largest absolute Gasteiger partial charge is 0.467 e. The van der Waals surface area contributed by atoms with E-state index < -0.39 is 47.3 Å². The molecule has 0 fully saturated rings. The number of nitrogens with two attached hydrogens (primary N) is 1. The number of amides is 2. The summed E-state index contributed by atoms with van der Waals surface area (Å²) in [7, 11) is 0. The molecule has 0 bridgehead atoms. The van der Waals surface area contributed by atoms with Crippen molar-refractivity contribution in [2.24, 2.45) is 22.5 Å². The number of ether oxygens (including phenoxy) is 4. The maximum atomic E-state index is 13.6. The summed E-state index contributed by atoms with van der Waals surface area (Å²) in [5.41, 5.74) is 4.13. The van der Waals surface area contributed by atoms with E-state index in [-0.39, 0.29) is 41.6 Å². The zero-order valence-electron chi connectivity index (χ0n) is 37.7. The van der Waals surface area contributed by atoms with Gasteiger partial charge in [-0.3, -0.25) is 9.59 Å². The van der Waals surface area contributed by atoms with E-state index in [0.717, 1.165) is 38.8 Å². The number of imidazole rings is 1. The van der Waals surface area contributed by atoms with Gasteiger partial charge in [0.25, 0.3) is 6.47 Å². The van der Waals surface area contributed by atoms with Gasteiger partial charge in [-0.05, 0) is 92.7 Å². The van der Waals surface area contributed by atoms with Crippen molar-refractivity contribution in [2.45, 2.75) is 178 Å². The van der Waals surface area contributed by atoms with Gasteiger partial charge in [-0.2, -0.15) is 0 Å². The predicted octanol–water partition coefficient (Wildman–Crippen LogP) is 6.69. The molecule has 1 aromatic rings. The Morgan fingerprint density at radius 3 is 2.04 bits per heavy atom. The number of carbonyl (C=O) groups is 5. The van der Waals surface area contributed by atoms with E-state index in [4.69, 9.17) is 24.7 Å². The predicted molar refractivity (Wildman–Crippen MR) is 223 cm³/mol. The number of carbonyl (C=O) groups excluding carboxylic acids is 5. The molecular formula is C42H78N6O9. The summed E-state index contributed by atoms with van der Waals surface area (Å²) in [5, 5.41) is 8.70. The van der Waals surface area contributed by atoms with Crippen LogP contribution in [0.15, 0.2) is 12.4 Å². The standard InChI is InChI=1S/C31H55N5O7.C11H23NO2/c1-12-14-32-15-13-31(10,11)20-41-26(38)23(18-21(2)3)34-25(37)22(35-27(39)42-29(4,5)6)19-24-33-16-17-36(24)28(40)43-30(7,8)9;1-4-5-6-10(12)7-11(2,3)8-14-9-13/h16-17,21-23,32H,12-15,18-20H2,1-11H3,(H,34,37)(H,35,39);9-10H,4-8,12H2,1-3H3/t22-,23?;/m0./s1. The SMILES string of the molecule is CCCCC(N)CC(C)(C)COC=O.CCCNCCC(C)(C)COC(=O)C(CC(C)C)NC(=O)[C@H](Cc1nccn1C(=O)OC(C)(C)C)NC(=O)OC(C)(C)C. The van der Waals surface area contributed by atoms with Gasteiger partial charge in [-0.25, -0.2) is 23.9 Å². The quantitative estimate of drug-likeness (QED) is 0.0396. The molecule has 0 aliphatic rings. The molecular weight excluding hydrogens is 732 g/mol. The van der Waals surface area contributed by atoms with E-state index >= 15 is 0 Å². The average molecular weight is 811 g/mol. The number of hydrogen-bond acceptors (Lipinski definition) is 12. The van der Waals surface area contributed by atoms with Crippen LogP contribution in [0.2, 0.25) is 0 Å². The smallest absolute Gasteiger partial charge is 0.419 e. The van der Waals surface area contributed by atoms with Crippen LogP contribution in [-0.2, 0) is 39.8 Å². The monoisotopic (exact) mass is 811 g/mol. The van der Waals surface area contributed by atoms with Crippen LogP contribution in [0.3, 0.4) is 0 Å². The summed E-state index contributed by atoms with van der Waals surface area (Å²) < 4.78 is 22.5. The number of rotatable bonds is 23. The van der Waals surface area contributed by atoms with Crippen molar-refractivity contribution >= 4 is 30.5 Å². The molecule has 1 rings (SSSR count). The van der Waals surface area contributed by atoms with Gasteiger partial charge in [-0.1, -0.05) is 68.2 Å². The first-order valence-corrected chi connectivity index (χ1v) is 20.5. The van der Waals surface area contributed by atoms with Crippen molar-refractivity contribution in [1.82, 2.24) is 25.5 Å². The Morgan fingerprint density at radius 1 is 0.860 bits per heavy atom. The van der Waals surface area contributed by atoms with Crippen LogP contribution in [0.1, 0.15) is 148 Å². The highest BCUT2D eigenvalue weighted by atomic mass is 16.6. The Hall–Kier alpha value is -3.72. The second-order valence-electron chi connectivity index (χ2n) is 18.7. The van der Waals surface area contributed by atoms with Crippen molar-refractivity contribution in [3.63, 3.8) is 0 Å². The van der Waals surface area contributed by atoms with Gasteiger partial charge < -0.3 is 40.6 Å². The zero-order chi connectivity index (χ0) is 44.0. The van der Waals surface area contributed by atoms with E-state index in [9.17, 15) is 24.0 Å². The molecule has 0 spiro atoms. The lowest BCUT2D eigenvalue weighted by Gasteiger charge is -2.28. The maximum absolute atomic E-state index is 13.6. The topological polar surface area (TPSA) is 202 Å². The van der Waals surface area contributed by atoms with Gasteiger partial charge in [0, 0.05) is 35.7 Å². The lowest BCUT2D eigenvalue weighted by Crippen LogP contribution is -2.54. The zero-order valence-corrected chi connectivity index (χ0v) is 37.7. The second-order valence-corrected chi connectivity index (χ2v) is 18.7. The van der Waals surface area contributed by atoms with Crippen LogP contribution in [0, 0.1) is 16.7 Å². The number of esters is 1. The highest BCUT2D eigenvalue weighted by Crippen LogP contribution is 2.24. The van der Waals surface area contributed by atoms with Gasteiger partial charge >= 0.3 is 18.2 Å². The number of alkyl carbamates (subject to hydrolysis) is 1. The third kappa shape index (κ3) is 26.0. The fourth-order valence-corrected chi connectivity index (χ4v) is 5.53. The van der Waals surface area contributed by atoms with Gasteiger partial charge in [0.15, 0.2) is 0 Å². The minimum absolute atomic E-state index is 0.00588. The number of nitrogens with one attached hydrogen (secondary N) is 3. The third-order valence-corrected chi connectivity index (χ3v) is 8.31. The van der Waals surface area contributed by atoms with Crippen LogP contribution in [0.25, 0.3) is 0 Å². The van der Waals surface area contributed by atoms with Crippen molar-refractivity contribution in [2.75, 3.05) is 26.3 Å². The molecule has 0 radical (unpaired) electrons. The van der Waals surface area contributed by atoms with E-state index in [1.165, 1.54) is 29.8 Å². The van der Waals surface area contributed by atoms with E-state index in [1.54, 1.807) is 41.5 Å². The molecule has 0 aliphatic carbocycles. The Labute approximate surface area is 343 Å². The molecule has 330 valence electrons.